The first-order valence-electron chi connectivity index (χ1n) is 6.98. The number of hydrogen-bond donors (Lipinski definition) is 2. The first kappa shape index (κ1) is 17.0. The van der Waals surface area contributed by atoms with Crippen LogP contribution in [0.1, 0.15) is 16.1 Å². The molecule has 25 heavy (non-hydrogen) atoms. The summed E-state index contributed by atoms with van der Waals surface area (Å²) in [5, 5.41) is 8.50. The number of hydrogen-bond acceptors (Lipinski definition) is 3. The molecule has 2 heterocycles. The lowest BCUT2D eigenvalue weighted by Gasteiger charge is -2.11. The van der Waals surface area contributed by atoms with E-state index in [4.69, 9.17) is 11.6 Å². The Kier molecular flexibility index (Phi) is 4.45. The van der Waals surface area contributed by atoms with Gasteiger partial charge in [0.05, 0.1) is 16.3 Å². The zero-order valence-corrected chi connectivity index (χ0v) is 13.2. The zero-order valence-electron chi connectivity index (χ0n) is 12.4. The van der Waals surface area contributed by atoms with Gasteiger partial charge in [0.25, 0.3) is 5.91 Å². The molecule has 0 saturated carbocycles. The highest BCUT2D eigenvalue weighted by Crippen LogP contribution is 2.36. The molecule has 1 amide bonds. The maximum absolute atomic E-state index is 12.9. The van der Waals surface area contributed by atoms with Gasteiger partial charge in [-0.25, -0.2) is 0 Å². The Morgan fingerprint density at radius 3 is 2.52 bits per heavy atom. The molecular weight excluding hydrogens is 357 g/mol. The van der Waals surface area contributed by atoms with Crippen LogP contribution >= 0.6 is 11.6 Å². The molecule has 9 heteroatoms. The summed E-state index contributed by atoms with van der Waals surface area (Å²) in [6.45, 7) is 0. The minimum Gasteiger partial charge on any atom is -0.321 e. The standard InChI is InChI=1S/C16H10ClF3N4O/c17-12-2-1-10(7-11(12)16(18,19)20)22-15(25)14-8-13(23-24-14)9-3-5-21-6-4-9/h1-8H,(H,22,25)(H,23,24). The van der Waals surface area contributed by atoms with E-state index in [0.29, 0.717) is 5.69 Å². The Hall–Kier alpha value is -2.87. The summed E-state index contributed by atoms with van der Waals surface area (Å²) in [7, 11) is 0. The van der Waals surface area contributed by atoms with E-state index < -0.39 is 22.7 Å². The van der Waals surface area contributed by atoms with E-state index >= 15 is 0 Å². The van der Waals surface area contributed by atoms with Crippen LogP contribution in [0.5, 0.6) is 0 Å². The van der Waals surface area contributed by atoms with Crippen molar-refractivity contribution >= 4 is 23.2 Å². The normalized spacial score (nSPS) is 11.4. The number of halogens is 4. The van der Waals surface area contributed by atoms with Crippen LogP contribution in [0.3, 0.4) is 0 Å². The highest BCUT2D eigenvalue weighted by molar-refractivity contribution is 6.31. The molecule has 3 rings (SSSR count). The van der Waals surface area contributed by atoms with Gasteiger partial charge >= 0.3 is 6.18 Å². The summed E-state index contributed by atoms with van der Waals surface area (Å²) in [5.74, 6) is -0.622. The molecule has 5 nitrogen and oxygen atoms in total. The first-order valence-corrected chi connectivity index (χ1v) is 7.36. The lowest BCUT2D eigenvalue weighted by atomic mass is 10.1. The monoisotopic (exact) mass is 366 g/mol. The van der Waals surface area contributed by atoms with Gasteiger partial charge in [-0.05, 0) is 36.4 Å². The molecule has 0 aliphatic rings. The second-order valence-electron chi connectivity index (χ2n) is 5.05. The molecule has 2 N–H and O–H groups in total. The topological polar surface area (TPSA) is 70.7 Å². The SMILES string of the molecule is O=C(Nc1ccc(Cl)c(C(F)(F)F)c1)c1cc(-c2ccncc2)n[nH]1. The van der Waals surface area contributed by atoms with Gasteiger partial charge in [-0.3, -0.25) is 14.9 Å². The van der Waals surface area contributed by atoms with Crippen LogP contribution in [-0.2, 0) is 6.18 Å². The van der Waals surface area contributed by atoms with Crippen molar-refractivity contribution < 1.29 is 18.0 Å². The number of pyridine rings is 1. The predicted molar refractivity (Wildman–Crippen MR) is 86.2 cm³/mol. The number of benzene rings is 1. The van der Waals surface area contributed by atoms with Crippen molar-refractivity contribution in [2.75, 3.05) is 5.32 Å². The van der Waals surface area contributed by atoms with Crippen molar-refractivity contribution in [3.05, 3.63) is 65.1 Å². The van der Waals surface area contributed by atoms with Gasteiger partial charge < -0.3 is 5.32 Å². The number of carbonyl (C=O) groups excluding carboxylic acids is 1. The van der Waals surface area contributed by atoms with Crippen LogP contribution in [0.15, 0.2) is 48.8 Å². The summed E-state index contributed by atoms with van der Waals surface area (Å²) in [6, 6.07) is 8.07. The average Bonchev–Trinajstić information content (AvgIpc) is 3.06. The Labute approximate surface area is 144 Å². The van der Waals surface area contributed by atoms with E-state index in [2.05, 4.69) is 20.5 Å². The number of amides is 1. The van der Waals surface area contributed by atoms with Crippen LogP contribution in [0.25, 0.3) is 11.3 Å². The van der Waals surface area contributed by atoms with E-state index in [1.54, 1.807) is 24.5 Å². The second kappa shape index (κ2) is 6.56. The summed E-state index contributed by atoms with van der Waals surface area (Å²) in [5.41, 5.74) is 0.321. The minimum atomic E-state index is -4.61. The number of aromatic nitrogens is 3. The van der Waals surface area contributed by atoms with Crippen LogP contribution < -0.4 is 5.32 Å². The van der Waals surface area contributed by atoms with E-state index in [1.165, 1.54) is 12.1 Å². The smallest absolute Gasteiger partial charge is 0.321 e. The van der Waals surface area contributed by atoms with Gasteiger partial charge in [-0.1, -0.05) is 11.6 Å². The molecule has 128 valence electrons. The van der Waals surface area contributed by atoms with Crippen LogP contribution in [0.2, 0.25) is 5.02 Å². The molecule has 0 aliphatic heterocycles. The van der Waals surface area contributed by atoms with E-state index in [9.17, 15) is 18.0 Å². The van der Waals surface area contributed by atoms with E-state index in [1.807, 2.05) is 0 Å². The summed E-state index contributed by atoms with van der Waals surface area (Å²) in [4.78, 5) is 16.1. The molecular formula is C16H10ClF3N4O. The molecule has 0 fully saturated rings. The van der Waals surface area contributed by atoms with Crippen molar-refractivity contribution in [1.29, 1.82) is 0 Å². The van der Waals surface area contributed by atoms with Crippen molar-refractivity contribution in [1.82, 2.24) is 15.2 Å². The number of aromatic amines is 1. The van der Waals surface area contributed by atoms with Crippen molar-refractivity contribution in [2.45, 2.75) is 6.18 Å². The van der Waals surface area contributed by atoms with Gasteiger partial charge in [-0.2, -0.15) is 18.3 Å². The third-order valence-corrected chi connectivity index (χ3v) is 3.66. The summed E-state index contributed by atoms with van der Waals surface area (Å²) in [6.07, 6.45) is -1.45. The molecule has 2 aromatic heterocycles. The molecule has 0 unspecified atom stereocenters. The quantitative estimate of drug-likeness (QED) is 0.722. The van der Waals surface area contributed by atoms with Gasteiger partial charge in [0, 0.05) is 23.6 Å². The Bertz CT molecular complexity index is 909. The van der Waals surface area contributed by atoms with Crippen LogP contribution in [0.4, 0.5) is 18.9 Å². The third-order valence-electron chi connectivity index (χ3n) is 3.33. The Morgan fingerprint density at radius 2 is 1.84 bits per heavy atom. The molecule has 1 aromatic carbocycles. The van der Waals surface area contributed by atoms with Gasteiger partial charge in [0.2, 0.25) is 0 Å². The van der Waals surface area contributed by atoms with Crippen molar-refractivity contribution in [3.63, 3.8) is 0 Å². The maximum atomic E-state index is 12.9. The molecule has 0 atom stereocenters. The molecule has 0 saturated heterocycles. The molecule has 0 radical (unpaired) electrons. The number of rotatable bonds is 3. The van der Waals surface area contributed by atoms with Gasteiger partial charge in [-0.15, -0.1) is 0 Å². The van der Waals surface area contributed by atoms with Gasteiger partial charge in [0.15, 0.2) is 0 Å². The highest BCUT2D eigenvalue weighted by Gasteiger charge is 2.33. The van der Waals surface area contributed by atoms with Crippen molar-refractivity contribution in [2.24, 2.45) is 0 Å². The van der Waals surface area contributed by atoms with Crippen molar-refractivity contribution in [3.8, 4) is 11.3 Å². The molecule has 0 aliphatic carbocycles. The van der Waals surface area contributed by atoms with E-state index in [-0.39, 0.29) is 11.4 Å². The number of H-pyrrole nitrogens is 1. The minimum absolute atomic E-state index is 0.0261. The highest BCUT2D eigenvalue weighted by atomic mass is 35.5. The lowest BCUT2D eigenvalue weighted by molar-refractivity contribution is -0.137. The molecule has 0 spiro atoms. The van der Waals surface area contributed by atoms with Gasteiger partial charge in [0.1, 0.15) is 5.69 Å². The fourth-order valence-corrected chi connectivity index (χ4v) is 2.35. The molecule has 0 bridgehead atoms. The largest absolute Gasteiger partial charge is 0.417 e. The summed E-state index contributed by atoms with van der Waals surface area (Å²) < 4.78 is 38.6. The number of nitrogens with one attached hydrogen (secondary N) is 2. The Balaban J connectivity index is 1.81. The Morgan fingerprint density at radius 1 is 1.12 bits per heavy atom. The number of alkyl halides is 3. The average molecular weight is 367 g/mol. The lowest BCUT2D eigenvalue weighted by Crippen LogP contribution is -2.14. The van der Waals surface area contributed by atoms with Crippen LogP contribution in [-0.4, -0.2) is 21.1 Å². The fourth-order valence-electron chi connectivity index (χ4n) is 2.13. The number of carbonyl (C=O) groups is 1. The number of nitrogens with zero attached hydrogens (tertiary/aromatic N) is 2. The predicted octanol–water partition coefficient (Wildman–Crippen LogP) is 4.40. The third kappa shape index (κ3) is 3.80. The second-order valence-corrected chi connectivity index (χ2v) is 5.46. The van der Waals surface area contributed by atoms with Crippen LogP contribution in [0, 0.1) is 0 Å². The maximum Gasteiger partial charge on any atom is 0.417 e. The van der Waals surface area contributed by atoms with E-state index in [0.717, 1.165) is 17.7 Å². The molecule has 3 aromatic rings. The summed E-state index contributed by atoms with van der Waals surface area (Å²) >= 11 is 5.55. The number of anilines is 1. The fraction of sp³-hybridized carbons (Fsp3) is 0.0625. The first-order chi connectivity index (χ1) is 11.8. The zero-order chi connectivity index (χ0) is 18.0.